The first-order valence-electron chi connectivity index (χ1n) is 8.68. The van der Waals surface area contributed by atoms with E-state index in [4.69, 9.17) is 8.92 Å². The molecule has 2 amide bonds. The molecule has 0 saturated carbocycles. The molecular weight excluding hydrogens is 425 g/mol. The Morgan fingerprint density at radius 3 is 2.17 bits per heavy atom. The van der Waals surface area contributed by atoms with Crippen LogP contribution in [-0.4, -0.2) is 45.9 Å². The van der Waals surface area contributed by atoms with Crippen molar-refractivity contribution in [2.24, 2.45) is 0 Å². The molecule has 164 valence electrons. The summed E-state index contributed by atoms with van der Waals surface area (Å²) < 4.78 is 70.1. The van der Waals surface area contributed by atoms with Crippen LogP contribution in [0.4, 0.5) is 23.7 Å². The van der Waals surface area contributed by atoms with E-state index in [0.29, 0.717) is 5.56 Å². The number of urea groups is 1. The van der Waals surface area contributed by atoms with Crippen LogP contribution in [-0.2, 0) is 27.6 Å². The Balaban J connectivity index is 2.08. The van der Waals surface area contributed by atoms with Crippen LogP contribution in [0.1, 0.15) is 11.1 Å². The third-order valence-corrected chi connectivity index (χ3v) is 4.36. The van der Waals surface area contributed by atoms with Gasteiger partial charge in [0, 0.05) is 25.9 Å². The summed E-state index contributed by atoms with van der Waals surface area (Å²) in [6, 6.07) is 9.71. The number of amides is 2. The Kier molecular flexibility index (Phi) is 7.68. The molecule has 30 heavy (non-hydrogen) atoms. The standard InChI is InChI=1S/C19H21F3N2O5S/c1-28-12-11-24(13-14-3-9-17(10-4-14)29-30(2,26)27)18(25)23-16-7-5-15(6-8-16)19(20,21)22/h3-10H,11-13H2,1-2H3,(H,23,25). The molecular formula is C19H21F3N2O5S. The molecule has 11 heteroatoms. The number of alkyl halides is 3. The second-order valence-electron chi connectivity index (χ2n) is 6.35. The third-order valence-electron chi connectivity index (χ3n) is 3.86. The number of carbonyl (C=O) groups is 1. The van der Waals surface area contributed by atoms with Gasteiger partial charge in [-0.1, -0.05) is 12.1 Å². The van der Waals surface area contributed by atoms with Gasteiger partial charge in [0.2, 0.25) is 0 Å². The molecule has 0 radical (unpaired) electrons. The topological polar surface area (TPSA) is 84.9 Å². The smallest absolute Gasteiger partial charge is 0.383 e. The zero-order valence-electron chi connectivity index (χ0n) is 16.3. The predicted molar refractivity (Wildman–Crippen MR) is 105 cm³/mol. The van der Waals surface area contributed by atoms with Crippen molar-refractivity contribution in [2.45, 2.75) is 12.7 Å². The Labute approximate surface area is 172 Å². The normalized spacial score (nSPS) is 11.8. The number of anilines is 1. The SMILES string of the molecule is COCCN(Cc1ccc(OS(C)(=O)=O)cc1)C(=O)Nc1ccc(C(F)(F)F)cc1. The lowest BCUT2D eigenvalue weighted by molar-refractivity contribution is -0.137. The van der Waals surface area contributed by atoms with Crippen LogP contribution in [0.15, 0.2) is 48.5 Å². The fourth-order valence-corrected chi connectivity index (χ4v) is 2.91. The van der Waals surface area contributed by atoms with Gasteiger partial charge in [-0.3, -0.25) is 0 Å². The van der Waals surface area contributed by atoms with Gasteiger partial charge < -0.3 is 19.1 Å². The highest BCUT2D eigenvalue weighted by Gasteiger charge is 2.30. The number of ether oxygens (including phenoxy) is 1. The molecule has 0 aliphatic heterocycles. The minimum absolute atomic E-state index is 0.138. The maximum atomic E-state index is 12.7. The molecule has 0 aliphatic rings. The van der Waals surface area contributed by atoms with Crippen LogP contribution < -0.4 is 9.50 Å². The lowest BCUT2D eigenvalue weighted by atomic mass is 10.2. The van der Waals surface area contributed by atoms with E-state index in [1.807, 2.05) is 0 Å². The van der Waals surface area contributed by atoms with E-state index in [9.17, 15) is 26.4 Å². The van der Waals surface area contributed by atoms with Crippen molar-refractivity contribution in [3.05, 3.63) is 59.7 Å². The van der Waals surface area contributed by atoms with Gasteiger partial charge in [0.1, 0.15) is 5.75 Å². The number of methoxy groups -OCH3 is 1. The van der Waals surface area contributed by atoms with Crippen molar-refractivity contribution in [1.29, 1.82) is 0 Å². The number of carbonyl (C=O) groups excluding carboxylic acids is 1. The summed E-state index contributed by atoms with van der Waals surface area (Å²) in [5.41, 5.74) is 0.0926. The van der Waals surface area contributed by atoms with Crippen LogP contribution in [0.25, 0.3) is 0 Å². The molecule has 2 aromatic carbocycles. The second-order valence-corrected chi connectivity index (χ2v) is 7.93. The Hall–Kier alpha value is -2.79. The lowest BCUT2D eigenvalue weighted by Crippen LogP contribution is -2.36. The van der Waals surface area contributed by atoms with Crippen molar-refractivity contribution in [1.82, 2.24) is 4.90 Å². The minimum atomic E-state index is -4.46. The van der Waals surface area contributed by atoms with E-state index in [1.165, 1.54) is 36.3 Å². The van der Waals surface area contributed by atoms with Crippen LogP contribution in [0.3, 0.4) is 0 Å². The largest absolute Gasteiger partial charge is 0.416 e. The maximum Gasteiger partial charge on any atom is 0.416 e. The summed E-state index contributed by atoms with van der Waals surface area (Å²) in [6.07, 6.45) is -3.53. The molecule has 2 rings (SSSR count). The van der Waals surface area contributed by atoms with Gasteiger partial charge in [-0.05, 0) is 42.0 Å². The van der Waals surface area contributed by atoms with E-state index in [2.05, 4.69) is 5.32 Å². The van der Waals surface area contributed by atoms with Gasteiger partial charge in [-0.15, -0.1) is 0 Å². The van der Waals surface area contributed by atoms with E-state index in [0.717, 1.165) is 18.4 Å². The molecule has 0 heterocycles. The number of nitrogens with one attached hydrogen (secondary N) is 1. The summed E-state index contributed by atoms with van der Waals surface area (Å²) in [7, 11) is -2.17. The second kappa shape index (κ2) is 9.81. The summed E-state index contributed by atoms with van der Waals surface area (Å²) in [6.45, 7) is 0.634. The summed E-state index contributed by atoms with van der Waals surface area (Å²) in [4.78, 5) is 14.0. The van der Waals surface area contributed by atoms with Gasteiger partial charge in [-0.25, -0.2) is 4.79 Å². The van der Waals surface area contributed by atoms with Crippen molar-refractivity contribution in [3.63, 3.8) is 0 Å². The van der Waals surface area contributed by atoms with Crippen LogP contribution >= 0.6 is 0 Å². The Morgan fingerprint density at radius 2 is 1.67 bits per heavy atom. The van der Waals surface area contributed by atoms with Gasteiger partial charge in [0.25, 0.3) is 0 Å². The van der Waals surface area contributed by atoms with Gasteiger partial charge >= 0.3 is 22.3 Å². The Morgan fingerprint density at radius 1 is 1.07 bits per heavy atom. The Bertz CT molecular complexity index is 946. The quantitative estimate of drug-likeness (QED) is 0.625. The summed E-state index contributed by atoms with van der Waals surface area (Å²) in [5, 5.41) is 2.55. The number of nitrogens with zero attached hydrogens (tertiary/aromatic N) is 1. The van der Waals surface area contributed by atoms with Crippen molar-refractivity contribution in [3.8, 4) is 5.75 Å². The zero-order chi connectivity index (χ0) is 22.4. The number of rotatable bonds is 8. The lowest BCUT2D eigenvalue weighted by Gasteiger charge is -2.23. The van der Waals surface area contributed by atoms with Crippen LogP contribution in [0.2, 0.25) is 0 Å². The van der Waals surface area contributed by atoms with E-state index in [-0.39, 0.29) is 31.1 Å². The third kappa shape index (κ3) is 7.56. The van der Waals surface area contributed by atoms with E-state index < -0.39 is 27.9 Å². The molecule has 0 unspecified atom stereocenters. The van der Waals surface area contributed by atoms with Gasteiger partial charge in [0.05, 0.1) is 18.4 Å². The average Bonchev–Trinajstić information content (AvgIpc) is 2.65. The van der Waals surface area contributed by atoms with Crippen molar-refractivity contribution >= 4 is 21.8 Å². The molecule has 0 aromatic heterocycles. The molecule has 0 saturated heterocycles. The average molecular weight is 446 g/mol. The van der Waals surface area contributed by atoms with Crippen LogP contribution in [0.5, 0.6) is 5.75 Å². The number of halogens is 3. The fraction of sp³-hybridized carbons (Fsp3) is 0.316. The predicted octanol–water partition coefficient (Wildman–Crippen LogP) is 3.72. The first-order valence-corrected chi connectivity index (χ1v) is 10.5. The molecule has 1 N–H and O–H groups in total. The maximum absolute atomic E-state index is 12.7. The fourth-order valence-electron chi connectivity index (χ4n) is 2.44. The van der Waals surface area contributed by atoms with E-state index >= 15 is 0 Å². The summed E-state index contributed by atoms with van der Waals surface area (Å²) >= 11 is 0. The molecule has 0 fully saturated rings. The van der Waals surface area contributed by atoms with Gasteiger partial charge in [0.15, 0.2) is 0 Å². The molecule has 0 bridgehead atoms. The van der Waals surface area contributed by atoms with Gasteiger partial charge in [-0.2, -0.15) is 21.6 Å². The molecule has 7 nitrogen and oxygen atoms in total. The first kappa shape index (κ1) is 23.5. The van der Waals surface area contributed by atoms with Crippen LogP contribution in [0, 0.1) is 0 Å². The van der Waals surface area contributed by atoms with Crippen molar-refractivity contribution < 1.29 is 35.3 Å². The van der Waals surface area contributed by atoms with E-state index in [1.54, 1.807) is 12.1 Å². The molecule has 0 spiro atoms. The monoisotopic (exact) mass is 446 g/mol. The molecule has 0 aliphatic carbocycles. The summed E-state index contributed by atoms with van der Waals surface area (Å²) in [5.74, 6) is 0.138. The molecule has 0 atom stereocenters. The number of hydrogen-bond acceptors (Lipinski definition) is 5. The first-order chi connectivity index (χ1) is 14.0. The molecule has 2 aromatic rings. The highest BCUT2D eigenvalue weighted by atomic mass is 32.2. The number of hydrogen-bond donors (Lipinski definition) is 1. The number of benzene rings is 2. The highest BCUT2D eigenvalue weighted by Crippen LogP contribution is 2.29. The highest BCUT2D eigenvalue weighted by molar-refractivity contribution is 7.86. The minimum Gasteiger partial charge on any atom is -0.383 e. The van der Waals surface area contributed by atoms with Crippen molar-refractivity contribution in [2.75, 3.05) is 31.8 Å². The zero-order valence-corrected chi connectivity index (χ0v) is 17.1.